The number of amides is 2. The van der Waals surface area contributed by atoms with Gasteiger partial charge in [-0.1, -0.05) is 69.0 Å². The molecule has 0 fully saturated rings. The van der Waals surface area contributed by atoms with E-state index in [1.54, 1.807) is 36.7 Å². The summed E-state index contributed by atoms with van der Waals surface area (Å²) in [5, 5.41) is 14.0. The minimum Gasteiger partial charge on any atom is -0.494 e. The second-order valence-electron chi connectivity index (χ2n) is 11.2. The van der Waals surface area contributed by atoms with Crippen LogP contribution in [0.2, 0.25) is 0 Å². The summed E-state index contributed by atoms with van der Waals surface area (Å²) in [6.07, 6.45) is 4.64. The SMILES string of the molecule is CCCCCCCOc1ccc(-c2cnc(-c3ccc(C[C@H](NC(=O)c4ccc(C(F)(F)F)s4)C(=O)N[C@H](C)C(=O)O)cc3)nc2)cc1. The van der Waals surface area contributed by atoms with Gasteiger partial charge in [-0.05, 0) is 48.7 Å². The third kappa shape index (κ3) is 10.4. The molecule has 9 nitrogen and oxygen atoms in total. The molecule has 0 aliphatic rings. The summed E-state index contributed by atoms with van der Waals surface area (Å²) in [5.41, 5.74) is 3.06. The Bertz CT molecular complexity index is 1660. The molecule has 0 radical (unpaired) electrons. The first-order valence-corrected chi connectivity index (χ1v) is 16.4. The maximum atomic E-state index is 13.0. The van der Waals surface area contributed by atoms with Gasteiger partial charge in [-0.15, -0.1) is 11.3 Å². The minimum atomic E-state index is -4.61. The Morgan fingerprint density at radius 1 is 0.854 bits per heavy atom. The fourth-order valence-corrected chi connectivity index (χ4v) is 5.49. The number of hydrogen-bond donors (Lipinski definition) is 3. The summed E-state index contributed by atoms with van der Waals surface area (Å²) in [7, 11) is 0. The van der Waals surface area contributed by atoms with Gasteiger partial charge in [0.05, 0.1) is 11.5 Å². The minimum absolute atomic E-state index is 0.0555. The summed E-state index contributed by atoms with van der Waals surface area (Å²) in [6.45, 7) is 4.14. The maximum absolute atomic E-state index is 13.0. The Labute approximate surface area is 280 Å². The summed E-state index contributed by atoms with van der Waals surface area (Å²) >= 11 is 0.249. The van der Waals surface area contributed by atoms with Crippen molar-refractivity contribution in [3.63, 3.8) is 0 Å². The fraction of sp³-hybridized carbons (Fsp3) is 0.343. The molecule has 0 aliphatic heterocycles. The number of halogens is 3. The lowest BCUT2D eigenvalue weighted by Gasteiger charge is -2.20. The summed E-state index contributed by atoms with van der Waals surface area (Å²) < 4.78 is 45.0. The van der Waals surface area contributed by atoms with E-state index in [0.717, 1.165) is 41.9 Å². The highest BCUT2D eigenvalue weighted by Gasteiger charge is 2.34. The van der Waals surface area contributed by atoms with Crippen molar-refractivity contribution < 1.29 is 37.4 Å². The van der Waals surface area contributed by atoms with Crippen molar-refractivity contribution >= 4 is 29.1 Å². The number of nitrogens with zero attached hydrogens (tertiary/aromatic N) is 2. The molecule has 2 aromatic carbocycles. The molecule has 254 valence electrons. The van der Waals surface area contributed by atoms with Gasteiger partial charge in [0, 0.05) is 29.9 Å². The van der Waals surface area contributed by atoms with Gasteiger partial charge in [-0.2, -0.15) is 13.2 Å². The van der Waals surface area contributed by atoms with Gasteiger partial charge < -0.3 is 20.5 Å². The van der Waals surface area contributed by atoms with Crippen LogP contribution in [0.25, 0.3) is 22.5 Å². The number of carbonyl (C=O) groups is 3. The lowest BCUT2D eigenvalue weighted by atomic mass is 10.0. The van der Waals surface area contributed by atoms with Crippen molar-refractivity contribution in [1.29, 1.82) is 0 Å². The molecule has 48 heavy (non-hydrogen) atoms. The Morgan fingerprint density at radius 2 is 1.50 bits per heavy atom. The summed E-state index contributed by atoms with van der Waals surface area (Å²) in [5.74, 6) is -1.69. The molecule has 0 bridgehead atoms. The molecule has 0 spiro atoms. The molecule has 0 unspecified atom stereocenters. The second kappa shape index (κ2) is 16.9. The number of carbonyl (C=O) groups excluding carboxylic acids is 2. The van der Waals surface area contributed by atoms with E-state index < -0.39 is 40.9 Å². The van der Waals surface area contributed by atoms with Crippen molar-refractivity contribution in [2.75, 3.05) is 6.61 Å². The Morgan fingerprint density at radius 3 is 2.10 bits per heavy atom. The highest BCUT2D eigenvalue weighted by Crippen LogP contribution is 2.34. The summed E-state index contributed by atoms with van der Waals surface area (Å²) in [4.78, 5) is 44.8. The van der Waals surface area contributed by atoms with E-state index in [4.69, 9.17) is 4.74 Å². The van der Waals surface area contributed by atoms with Gasteiger partial charge in [0.2, 0.25) is 5.91 Å². The monoisotopic (exact) mass is 682 g/mol. The number of unbranched alkanes of at least 4 members (excludes halogenated alkanes) is 4. The first-order chi connectivity index (χ1) is 22.9. The van der Waals surface area contributed by atoms with Gasteiger partial charge in [0.25, 0.3) is 5.91 Å². The van der Waals surface area contributed by atoms with Crippen molar-refractivity contribution in [1.82, 2.24) is 20.6 Å². The number of hydrogen-bond acceptors (Lipinski definition) is 7. The van der Waals surface area contributed by atoms with Crippen molar-refractivity contribution in [3.05, 3.63) is 88.4 Å². The second-order valence-corrected chi connectivity index (χ2v) is 12.3. The molecule has 2 heterocycles. The van der Waals surface area contributed by atoms with E-state index in [0.29, 0.717) is 23.6 Å². The Balaban J connectivity index is 1.40. The molecule has 4 aromatic rings. The normalized spacial score (nSPS) is 12.6. The number of aromatic nitrogens is 2. The molecule has 2 aromatic heterocycles. The van der Waals surface area contributed by atoms with Crippen molar-refractivity contribution in [2.24, 2.45) is 0 Å². The highest BCUT2D eigenvalue weighted by molar-refractivity contribution is 7.14. The van der Waals surface area contributed by atoms with Crippen LogP contribution in [-0.4, -0.2) is 51.5 Å². The number of carboxylic acid groups (broad SMARTS) is 1. The van der Waals surface area contributed by atoms with Crippen LogP contribution < -0.4 is 15.4 Å². The predicted molar refractivity (Wildman–Crippen MR) is 177 cm³/mol. The van der Waals surface area contributed by atoms with E-state index in [1.807, 2.05) is 24.3 Å². The molecule has 0 saturated heterocycles. The summed E-state index contributed by atoms with van der Waals surface area (Å²) in [6, 6.07) is 13.9. The van der Waals surface area contributed by atoms with Crippen LogP contribution in [0.3, 0.4) is 0 Å². The molecule has 2 amide bonds. The Hall–Kier alpha value is -4.78. The van der Waals surface area contributed by atoms with Gasteiger partial charge in [-0.25, -0.2) is 9.97 Å². The first-order valence-electron chi connectivity index (χ1n) is 15.6. The molecule has 3 N–H and O–H groups in total. The van der Waals surface area contributed by atoms with E-state index in [2.05, 4.69) is 27.5 Å². The average molecular weight is 683 g/mol. The van der Waals surface area contributed by atoms with Crippen LogP contribution in [0.5, 0.6) is 5.75 Å². The van der Waals surface area contributed by atoms with Crippen LogP contribution in [0.1, 0.15) is 66.1 Å². The van der Waals surface area contributed by atoms with E-state index in [-0.39, 0.29) is 22.6 Å². The predicted octanol–water partition coefficient (Wildman–Crippen LogP) is 7.17. The highest BCUT2D eigenvalue weighted by atomic mass is 32.1. The number of rotatable bonds is 16. The molecular formula is C35H37F3N4O5S. The van der Waals surface area contributed by atoms with Crippen molar-refractivity contribution in [2.45, 2.75) is 70.6 Å². The first kappa shape index (κ1) is 36.1. The zero-order chi connectivity index (χ0) is 34.7. The third-order valence-electron chi connectivity index (χ3n) is 7.47. The van der Waals surface area contributed by atoms with Crippen LogP contribution in [-0.2, 0) is 22.2 Å². The molecular weight excluding hydrogens is 645 g/mol. The molecule has 0 aliphatic carbocycles. The largest absolute Gasteiger partial charge is 0.494 e. The zero-order valence-corrected chi connectivity index (χ0v) is 27.4. The fourth-order valence-electron chi connectivity index (χ4n) is 4.72. The number of aliphatic carboxylic acids is 1. The van der Waals surface area contributed by atoms with Gasteiger partial charge in [-0.3, -0.25) is 14.4 Å². The van der Waals surface area contributed by atoms with Crippen LogP contribution in [0.4, 0.5) is 13.2 Å². The van der Waals surface area contributed by atoms with E-state index in [9.17, 15) is 32.7 Å². The standard InChI is InChI=1S/C35H37F3N4O5S/c1-3-4-5-6-7-18-47-27-14-12-24(13-15-27)26-20-39-31(40-21-26)25-10-8-23(9-11-25)19-28(32(43)41-22(2)34(45)46)42-33(44)29-16-17-30(48-29)35(36,37)38/h8-17,20-22,28H,3-7,18-19H2,1-2H3,(H,41,43)(H,42,44)(H,45,46)/t22-,28+/m1/s1. The number of alkyl halides is 3. The number of ether oxygens (including phenoxy) is 1. The molecule has 4 rings (SSSR count). The van der Waals surface area contributed by atoms with Gasteiger partial charge in [0.1, 0.15) is 22.7 Å². The molecule has 13 heteroatoms. The average Bonchev–Trinajstić information content (AvgIpc) is 3.59. The van der Waals surface area contributed by atoms with Crippen LogP contribution in [0, 0.1) is 0 Å². The zero-order valence-electron chi connectivity index (χ0n) is 26.5. The van der Waals surface area contributed by atoms with E-state index >= 15 is 0 Å². The third-order valence-corrected chi connectivity index (χ3v) is 8.60. The van der Waals surface area contributed by atoms with Crippen LogP contribution in [0.15, 0.2) is 73.1 Å². The van der Waals surface area contributed by atoms with Gasteiger partial charge in [0.15, 0.2) is 5.82 Å². The molecule has 2 atom stereocenters. The van der Waals surface area contributed by atoms with E-state index in [1.165, 1.54) is 26.2 Å². The topological polar surface area (TPSA) is 131 Å². The molecule has 0 saturated carbocycles. The van der Waals surface area contributed by atoms with Crippen LogP contribution >= 0.6 is 11.3 Å². The number of nitrogens with one attached hydrogen (secondary N) is 2. The number of benzene rings is 2. The smallest absolute Gasteiger partial charge is 0.425 e. The lowest BCUT2D eigenvalue weighted by Crippen LogP contribution is -2.51. The number of carboxylic acids is 1. The lowest BCUT2D eigenvalue weighted by molar-refractivity contribution is -0.141. The van der Waals surface area contributed by atoms with Gasteiger partial charge >= 0.3 is 12.1 Å². The maximum Gasteiger partial charge on any atom is 0.425 e. The quantitative estimate of drug-likeness (QED) is 0.107. The number of thiophene rings is 1. The Kier molecular flexibility index (Phi) is 12.7. The van der Waals surface area contributed by atoms with Crippen molar-refractivity contribution in [3.8, 4) is 28.3 Å².